The van der Waals surface area contributed by atoms with Crippen LogP contribution in [0.3, 0.4) is 0 Å². The van der Waals surface area contributed by atoms with Crippen LogP contribution < -0.4 is 5.32 Å². The Labute approximate surface area is 251 Å². The Hall–Kier alpha value is -1.48. The van der Waals surface area contributed by atoms with Crippen LogP contribution in [-0.2, 0) is 37.6 Å². The number of nitrogens with one attached hydrogen (secondary N) is 1. The fourth-order valence-corrected chi connectivity index (χ4v) is 7.60. The molecule has 1 fully saturated rings. The quantitative estimate of drug-likeness (QED) is 0.120. The summed E-state index contributed by atoms with van der Waals surface area (Å²) in [6.45, 7) is 15.4. The Morgan fingerprint density at radius 1 is 1.00 bits per heavy atom. The van der Waals surface area contributed by atoms with E-state index >= 15 is 0 Å². The lowest BCUT2D eigenvalue weighted by Crippen LogP contribution is -2.60. The summed E-state index contributed by atoms with van der Waals surface area (Å²) in [4.78, 5) is 35.1. The van der Waals surface area contributed by atoms with Gasteiger partial charge in [0.15, 0.2) is 0 Å². The molecule has 1 N–H and O–H groups in total. The minimum absolute atomic E-state index is 0.0325. The number of unbranched alkanes of at least 4 members (excludes halogenated alkanes) is 3. The van der Waals surface area contributed by atoms with Gasteiger partial charge in [-0.3, -0.25) is 14.4 Å². The van der Waals surface area contributed by atoms with E-state index in [1.807, 2.05) is 6.92 Å². The molecule has 41 heavy (non-hydrogen) atoms. The van der Waals surface area contributed by atoms with Gasteiger partial charge in [-0.25, -0.2) is 4.67 Å². The van der Waals surface area contributed by atoms with Gasteiger partial charge in [0.05, 0.1) is 31.7 Å². The number of hydrogen-bond acceptors (Lipinski definition) is 11. The molecule has 6 unspecified atom stereocenters. The highest BCUT2D eigenvalue weighted by Crippen LogP contribution is 2.46. The number of amides is 1. The first kappa shape index (κ1) is 37.5. The van der Waals surface area contributed by atoms with Crippen molar-refractivity contribution in [2.24, 2.45) is 5.92 Å². The summed E-state index contributed by atoms with van der Waals surface area (Å²) in [6, 6.07) is 2.29. The molecule has 6 atom stereocenters. The Morgan fingerprint density at radius 3 is 2.20 bits per heavy atom. The van der Waals surface area contributed by atoms with E-state index < -0.39 is 32.7 Å². The molecule has 236 valence electrons. The maximum absolute atomic E-state index is 12.0. The van der Waals surface area contributed by atoms with Crippen LogP contribution in [0.25, 0.3) is 0 Å². The third-order valence-corrected chi connectivity index (χ3v) is 9.73. The minimum Gasteiger partial charge on any atom is -0.463 e. The fourth-order valence-electron chi connectivity index (χ4n) is 4.62. The predicted molar refractivity (Wildman–Crippen MR) is 160 cm³/mol. The van der Waals surface area contributed by atoms with E-state index in [1.54, 1.807) is 11.8 Å². The highest BCUT2D eigenvalue weighted by atomic mass is 32.2. The molecular weight excluding hydrogens is 569 g/mol. The number of rotatable bonds is 19. The van der Waals surface area contributed by atoms with Gasteiger partial charge in [0, 0.05) is 38.8 Å². The summed E-state index contributed by atoms with van der Waals surface area (Å²) in [5.41, 5.74) is -0.378. The zero-order chi connectivity index (χ0) is 30.9. The summed E-state index contributed by atoms with van der Waals surface area (Å²) in [5.74, 6) is -0.528. The smallest absolute Gasteiger partial charge is 0.303 e. The van der Waals surface area contributed by atoms with Crippen LogP contribution in [0.2, 0.25) is 0 Å². The van der Waals surface area contributed by atoms with Crippen molar-refractivity contribution in [1.82, 2.24) is 9.99 Å². The monoisotopic (exact) mass is 619 g/mol. The largest absolute Gasteiger partial charge is 0.463 e. The Balaban J connectivity index is 2.61. The van der Waals surface area contributed by atoms with Crippen LogP contribution in [0.15, 0.2) is 0 Å². The lowest BCUT2D eigenvalue weighted by molar-refractivity contribution is -0.187. The van der Waals surface area contributed by atoms with Crippen molar-refractivity contribution in [3.05, 3.63) is 0 Å². The van der Waals surface area contributed by atoms with Gasteiger partial charge in [-0.2, -0.15) is 5.26 Å². The number of nitriles is 1. The van der Waals surface area contributed by atoms with Gasteiger partial charge in [-0.05, 0) is 46.3 Å². The summed E-state index contributed by atoms with van der Waals surface area (Å²) < 4.78 is 31.3. The number of carbonyl (C=O) groups is 3. The molecule has 0 aromatic rings. The van der Waals surface area contributed by atoms with Gasteiger partial charge in [0.25, 0.3) is 8.53 Å². The van der Waals surface area contributed by atoms with E-state index in [1.165, 1.54) is 20.8 Å². The van der Waals surface area contributed by atoms with Crippen molar-refractivity contribution < 1.29 is 37.6 Å². The van der Waals surface area contributed by atoms with Gasteiger partial charge in [0.1, 0.15) is 24.3 Å². The topological polar surface area (TPSA) is 136 Å². The van der Waals surface area contributed by atoms with Crippen molar-refractivity contribution in [2.45, 2.75) is 123 Å². The minimum atomic E-state index is -1.22. The number of carbonyl (C=O) groups excluding carboxylic acids is 3. The third-order valence-electron chi connectivity index (χ3n) is 6.36. The molecular formula is C28H50N3O8PS. The summed E-state index contributed by atoms with van der Waals surface area (Å²) in [5, 5.41) is 11.8. The molecule has 13 heteroatoms. The Kier molecular flexibility index (Phi) is 18.7. The van der Waals surface area contributed by atoms with Crippen LogP contribution in [-0.4, -0.2) is 83.9 Å². The molecule has 0 bridgehead atoms. The SMILES string of the molecule is CC(=O)NC1C(SCCCCCCOP(OCCC#N)N(C(C)C)C(C)C)OC(COC(C)=O)C(OC(C)=O)C1C. The molecule has 1 rings (SSSR count). The molecule has 1 aliphatic rings. The average molecular weight is 620 g/mol. The van der Waals surface area contributed by atoms with E-state index in [0.29, 0.717) is 19.6 Å². The molecule has 11 nitrogen and oxygen atoms in total. The van der Waals surface area contributed by atoms with Crippen molar-refractivity contribution in [3.63, 3.8) is 0 Å². The number of ether oxygens (including phenoxy) is 3. The van der Waals surface area contributed by atoms with Crippen LogP contribution in [0.1, 0.15) is 87.5 Å². The van der Waals surface area contributed by atoms with Gasteiger partial charge in [-0.15, -0.1) is 11.8 Å². The number of thioether (sulfide) groups is 1. The third kappa shape index (κ3) is 14.5. The molecule has 1 aliphatic heterocycles. The second-order valence-electron chi connectivity index (χ2n) is 10.7. The van der Waals surface area contributed by atoms with E-state index in [9.17, 15) is 14.4 Å². The van der Waals surface area contributed by atoms with Gasteiger partial charge < -0.3 is 28.6 Å². The van der Waals surface area contributed by atoms with E-state index in [-0.39, 0.29) is 42.0 Å². The average Bonchev–Trinajstić information content (AvgIpc) is 2.87. The van der Waals surface area contributed by atoms with E-state index in [2.05, 4.69) is 43.8 Å². The zero-order valence-electron chi connectivity index (χ0n) is 25.9. The van der Waals surface area contributed by atoms with Crippen molar-refractivity contribution in [3.8, 4) is 6.07 Å². The Bertz CT molecular complexity index is 834. The lowest BCUT2D eigenvalue weighted by Gasteiger charge is -2.44. The summed E-state index contributed by atoms with van der Waals surface area (Å²) >= 11 is 1.60. The molecule has 0 aromatic carbocycles. The van der Waals surface area contributed by atoms with Crippen LogP contribution in [0.5, 0.6) is 0 Å². The second-order valence-corrected chi connectivity index (χ2v) is 13.3. The molecule has 0 spiro atoms. The van der Waals surface area contributed by atoms with Gasteiger partial charge >= 0.3 is 11.9 Å². The molecule has 0 saturated carbocycles. The first-order valence-corrected chi connectivity index (χ1v) is 16.6. The second kappa shape index (κ2) is 20.4. The van der Waals surface area contributed by atoms with E-state index in [4.69, 9.17) is 28.5 Å². The number of hydrogen-bond donors (Lipinski definition) is 1. The van der Waals surface area contributed by atoms with Crippen LogP contribution >= 0.6 is 20.3 Å². The van der Waals surface area contributed by atoms with Crippen molar-refractivity contribution in [2.75, 3.05) is 25.6 Å². The lowest BCUT2D eigenvalue weighted by atomic mass is 9.89. The first-order chi connectivity index (χ1) is 19.4. The number of esters is 2. The molecule has 1 amide bonds. The molecule has 0 aliphatic carbocycles. The maximum Gasteiger partial charge on any atom is 0.303 e. The Morgan fingerprint density at radius 2 is 1.63 bits per heavy atom. The summed E-state index contributed by atoms with van der Waals surface area (Å²) in [7, 11) is -1.22. The van der Waals surface area contributed by atoms with Gasteiger partial charge in [-0.1, -0.05) is 19.8 Å². The number of nitrogens with zero attached hydrogens (tertiary/aromatic N) is 2. The van der Waals surface area contributed by atoms with Crippen LogP contribution in [0, 0.1) is 17.2 Å². The highest BCUT2D eigenvalue weighted by Gasteiger charge is 2.46. The normalized spacial score (nSPS) is 23.3. The molecule has 0 radical (unpaired) electrons. The van der Waals surface area contributed by atoms with E-state index in [0.717, 1.165) is 31.4 Å². The van der Waals surface area contributed by atoms with Gasteiger partial charge in [0.2, 0.25) is 5.91 Å². The van der Waals surface area contributed by atoms with Crippen LogP contribution in [0.4, 0.5) is 0 Å². The molecule has 1 heterocycles. The summed E-state index contributed by atoms with van der Waals surface area (Å²) in [6.07, 6.45) is 2.90. The predicted octanol–water partition coefficient (Wildman–Crippen LogP) is 4.93. The van der Waals surface area contributed by atoms with Crippen molar-refractivity contribution >= 4 is 38.1 Å². The maximum atomic E-state index is 12.0. The zero-order valence-corrected chi connectivity index (χ0v) is 27.6. The first-order valence-electron chi connectivity index (χ1n) is 14.4. The molecule has 1 saturated heterocycles. The fraction of sp³-hybridized carbons (Fsp3) is 0.857. The highest BCUT2D eigenvalue weighted by molar-refractivity contribution is 7.99. The standard InChI is InChI=1S/C28H50N3O8PS/c1-19(2)31(20(3)4)40(37-16-13-14-29)36-15-11-9-10-12-17-41-28-26(30-22(6)32)21(5)27(38-24(8)34)25(39-28)18-35-23(7)33/h19-21,25-28H,9-13,15-18H2,1-8H3,(H,30,32). The molecule has 0 aromatic heterocycles. The van der Waals surface area contributed by atoms with Crippen molar-refractivity contribution in [1.29, 1.82) is 5.26 Å².